The number of anilines is 3. The van der Waals surface area contributed by atoms with Crippen LogP contribution in [-0.2, 0) is 0 Å². The van der Waals surface area contributed by atoms with Crippen molar-refractivity contribution >= 4 is 82.0 Å². The van der Waals surface area contributed by atoms with Crippen LogP contribution < -0.4 is 4.90 Å². The fourth-order valence-electron chi connectivity index (χ4n) is 10.0. The van der Waals surface area contributed by atoms with Gasteiger partial charge in [0.15, 0.2) is 0 Å². The van der Waals surface area contributed by atoms with Crippen LogP contribution in [0.3, 0.4) is 0 Å². The van der Waals surface area contributed by atoms with Gasteiger partial charge in [-0.05, 0) is 110 Å². The van der Waals surface area contributed by atoms with Gasteiger partial charge in [0.05, 0.1) is 16.7 Å². The van der Waals surface area contributed by atoms with Crippen LogP contribution in [0.15, 0.2) is 224 Å². The Morgan fingerprint density at radius 1 is 0.311 bits per heavy atom. The number of hydrogen-bond acceptors (Lipinski definition) is 1. The summed E-state index contributed by atoms with van der Waals surface area (Å²) in [7, 11) is 0. The predicted octanol–water partition coefficient (Wildman–Crippen LogP) is 16.5. The van der Waals surface area contributed by atoms with Crippen LogP contribution in [0.2, 0.25) is 0 Å². The zero-order valence-corrected chi connectivity index (χ0v) is 33.8. The Balaban J connectivity index is 1.15. The molecule has 0 bridgehead atoms. The molecular weight excluding hydrogens is 737 g/mol. The molecule has 0 unspecified atom stereocenters. The molecule has 61 heavy (non-hydrogen) atoms. The molecule has 0 aliphatic rings. The van der Waals surface area contributed by atoms with Gasteiger partial charge in [-0.15, -0.1) is 0 Å². The van der Waals surface area contributed by atoms with E-state index in [9.17, 15) is 0 Å². The van der Waals surface area contributed by atoms with Crippen LogP contribution in [0, 0.1) is 6.92 Å². The molecule has 0 spiro atoms. The Labute approximate surface area is 354 Å². The molecule has 0 saturated heterocycles. The van der Waals surface area contributed by atoms with Gasteiger partial charge in [0, 0.05) is 38.6 Å². The van der Waals surface area contributed by atoms with E-state index in [1.54, 1.807) is 0 Å². The average molecular weight is 777 g/mol. The lowest BCUT2D eigenvalue weighted by Gasteiger charge is -2.30. The second-order valence-corrected chi connectivity index (χ2v) is 16.1. The van der Waals surface area contributed by atoms with Gasteiger partial charge >= 0.3 is 0 Å². The van der Waals surface area contributed by atoms with Gasteiger partial charge < -0.3 is 9.47 Å². The van der Waals surface area contributed by atoms with Crippen molar-refractivity contribution in [1.29, 1.82) is 0 Å². The van der Waals surface area contributed by atoms with Crippen molar-refractivity contribution in [2.45, 2.75) is 6.92 Å². The highest BCUT2D eigenvalue weighted by Crippen LogP contribution is 2.52. The molecule has 286 valence electrons. The molecule has 2 nitrogen and oxygen atoms in total. The first-order chi connectivity index (χ1) is 30.2. The van der Waals surface area contributed by atoms with Crippen LogP contribution in [0.4, 0.5) is 17.1 Å². The molecule has 1 heterocycles. The Morgan fingerprint density at radius 3 is 1.30 bits per heavy atom. The molecule has 0 atom stereocenters. The van der Waals surface area contributed by atoms with E-state index < -0.39 is 0 Å². The number of fused-ring (bicyclic) bond motifs is 7. The number of nitrogens with zero attached hydrogens (tertiary/aromatic N) is 2. The summed E-state index contributed by atoms with van der Waals surface area (Å²) >= 11 is 0. The van der Waals surface area contributed by atoms with Crippen LogP contribution >= 0.6 is 0 Å². The Kier molecular flexibility index (Phi) is 8.11. The first-order valence-electron chi connectivity index (χ1n) is 21.1. The maximum Gasteiger partial charge on any atom is 0.0618 e. The number of para-hydroxylation sites is 3. The summed E-state index contributed by atoms with van der Waals surface area (Å²) in [6, 6.07) is 82.4. The van der Waals surface area contributed by atoms with Gasteiger partial charge in [0.2, 0.25) is 0 Å². The van der Waals surface area contributed by atoms with Gasteiger partial charge in [-0.3, -0.25) is 0 Å². The summed E-state index contributed by atoms with van der Waals surface area (Å²) in [5, 5.41) is 12.4. The summed E-state index contributed by atoms with van der Waals surface area (Å²) in [5.74, 6) is 0. The van der Waals surface area contributed by atoms with Crippen molar-refractivity contribution in [1.82, 2.24) is 4.57 Å². The van der Waals surface area contributed by atoms with Crippen molar-refractivity contribution in [2.75, 3.05) is 4.90 Å². The van der Waals surface area contributed by atoms with Crippen molar-refractivity contribution < 1.29 is 0 Å². The molecule has 0 aliphatic heterocycles. The van der Waals surface area contributed by atoms with E-state index in [-0.39, 0.29) is 0 Å². The van der Waals surface area contributed by atoms with Crippen molar-refractivity contribution in [3.63, 3.8) is 0 Å². The fourth-order valence-corrected chi connectivity index (χ4v) is 10.0. The maximum atomic E-state index is 2.46. The first kappa shape index (κ1) is 35.0. The molecule has 12 rings (SSSR count). The molecule has 2 heteroatoms. The molecule has 1 aromatic heterocycles. The van der Waals surface area contributed by atoms with Gasteiger partial charge in [0.1, 0.15) is 0 Å². The normalized spacial score (nSPS) is 11.7. The molecule has 12 aromatic rings. The highest BCUT2D eigenvalue weighted by Gasteiger charge is 2.25. The molecule has 0 fully saturated rings. The minimum atomic E-state index is 1.09. The quantitative estimate of drug-likeness (QED) is 0.153. The smallest absolute Gasteiger partial charge is 0.0618 e. The number of rotatable bonds is 6. The molecule has 11 aromatic carbocycles. The number of benzene rings is 11. The minimum Gasteiger partial charge on any atom is -0.309 e. The second kappa shape index (κ2) is 14.1. The first-order valence-corrected chi connectivity index (χ1v) is 21.1. The Morgan fingerprint density at radius 2 is 0.721 bits per heavy atom. The Hall–Kier alpha value is -7.94. The van der Waals surface area contributed by atoms with E-state index in [1.807, 2.05) is 0 Å². The Bertz CT molecular complexity index is 3530. The molecule has 0 radical (unpaired) electrons. The van der Waals surface area contributed by atoms with Crippen molar-refractivity contribution in [3.8, 4) is 27.9 Å². The lowest BCUT2D eigenvalue weighted by molar-refractivity contribution is 1.17. The summed E-state index contributed by atoms with van der Waals surface area (Å²) in [4.78, 5) is 2.46. The zero-order chi connectivity index (χ0) is 40.4. The monoisotopic (exact) mass is 776 g/mol. The van der Waals surface area contributed by atoms with Gasteiger partial charge in [-0.25, -0.2) is 0 Å². The van der Waals surface area contributed by atoms with E-state index in [0.29, 0.717) is 0 Å². The molecule has 0 amide bonds. The largest absolute Gasteiger partial charge is 0.309 e. The maximum absolute atomic E-state index is 2.46. The third kappa shape index (κ3) is 5.50. The lowest BCUT2D eigenvalue weighted by Crippen LogP contribution is -2.11. The van der Waals surface area contributed by atoms with E-state index in [4.69, 9.17) is 0 Å². The van der Waals surface area contributed by atoms with Crippen molar-refractivity contribution in [3.05, 3.63) is 230 Å². The summed E-state index contributed by atoms with van der Waals surface area (Å²) in [6.45, 7) is 2.21. The van der Waals surface area contributed by atoms with E-state index >= 15 is 0 Å². The third-order valence-corrected chi connectivity index (χ3v) is 12.6. The summed E-state index contributed by atoms with van der Waals surface area (Å²) in [5.41, 5.74) is 13.2. The van der Waals surface area contributed by atoms with Gasteiger partial charge in [-0.2, -0.15) is 0 Å². The molecule has 0 aliphatic carbocycles. The minimum absolute atomic E-state index is 1.09. The topological polar surface area (TPSA) is 8.17 Å². The van der Waals surface area contributed by atoms with E-state index in [2.05, 4.69) is 241 Å². The fraction of sp³-hybridized carbons (Fsp3) is 0.0169. The summed E-state index contributed by atoms with van der Waals surface area (Å²) in [6.07, 6.45) is 0. The number of aromatic nitrogens is 1. The van der Waals surface area contributed by atoms with E-state index in [0.717, 1.165) is 22.7 Å². The van der Waals surface area contributed by atoms with Crippen LogP contribution in [0.1, 0.15) is 5.56 Å². The molecule has 0 saturated carbocycles. The number of aryl methyl sites for hydroxylation is 1. The van der Waals surface area contributed by atoms with Crippen LogP contribution in [-0.4, -0.2) is 4.57 Å². The van der Waals surface area contributed by atoms with Gasteiger partial charge in [0.25, 0.3) is 0 Å². The van der Waals surface area contributed by atoms with Crippen LogP contribution in [0.25, 0.3) is 92.8 Å². The molecule has 0 N–H and O–H groups in total. The number of hydrogen-bond donors (Lipinski definition) is 0. The highest BCUT2D eigenvalue weighted by atomic mass is 15.1. The van der Waals surface area contributed by atoms with Crippen molar-refractivity contribution in [2.24, 2.45) is 0 Å². The zero-order valence-electron chi connectivity index (χ0n) is 33.8. The average Bonchev–Trinajstić information content (AvgIpc) is 3.66. The lowest BCUT2D eigenvalue weighted by atomic mass is 9.82. The third-order valence-electron chi connectivity index (χ3n) is 12.6. The summed E-state index contributed by atoms with van der Waals surface area (Å²) < 4.78 is 2.39. The second-order valence-electron chi connectivity index (χ2n) is 16.1. The highest BCUT2D eigenvalue weighted by molar-refractivity contribution is 6.30. The van der Waals surface area contributed by atoms with Crippen LogP contribution in [0.5, 0.6) is 0 Å². The standard InChI is InChI=1S/C59H40N2/c1-39-32-37-50-53(38-39)58(47-25-9-8-24-46(47)56(50)40-18-4-2-5-19-40)57-48-26-10-12-28-51(48)59(52-29-13-11-27-49(52)57)60(41-20-6-3-7-21-41)42-33-35-43(36-34-42)61-54-30-16-14-22-44(54)45-23-15-17-31-55(45)61/h2-38H,1H3. The SMILES string of the molecule is Cc1ccc2c(-c3ccccc3)c3ccccc3c(-c3c4ccccc4c(N(c4ccccc4)c4ccc(-n5c6ccccc6c6ccccc65)cc4)c4ccccc34)c2c1. The van der Waals surface area contributed by atoms with E-state index in [1.165, 1.54) is 92.7 Å². The van der Waals surface area contributed by atoms with Gasteiger partial charge in [-0.1, -0.05) is 181 Å². The molecular formula is C59H40N2. The predicted molar refractivity (Wildman–Crippen MR) is 261 cm³/mol.